The van der Waals surface area contributed by atoms with Gasteiger partial charge in [0.1, 0.15) is 5.82 Å². The lowest BCUT2D eigenvalue weighted by molar-refractivity contribution is 0.0650. The van der Waals surface area contributed by atoms with Crippen LogP contribution in [0, 0.1) is 0 Å². The van der Waals surface area contributed by atoms with Crippen LogP contribution in [0.25, 0.3) is 0 Å². The van der Waals surface area contributed by atoms with Gasteiger partial charge in [-0.25, -0.2) is 9.78 Å². The molecule has 124 valence electrons. The molecule has 1 heterocycles. The van der Waals surface area contributed by atoms with Gasteiger partial charge in [0.05, 0.1) is 12.6 Å². The lowest BCUT2D eigenvalue weighted by Crippen LogP contribution is -2.38. The van der Waals surface area contributed by atoms with E-state index in [1.807, 2.05) is 31.2 Å². The molecule has 23 heavy (non-hydrogen) atoms. The van der Waals surface area contributed by atoms with E-state index in [1.54, 1.807) is 0 Å². The predicted octanol–water partition coefficient (Wildman–Crippen LogP) is 3.94. The second-order valence-corrected chi connectivity index (χ2v) is 5.93. The van der Waals surface area contributed by atoms with Gasteiger partial charge in [-0.2, -0.15) is 8.78 Å². The second kappa shape index (κ2) is 7.54. The highest BCUT2D eigenvalue weighted by molar-refractivity contribution is 9.10. The van der Waals surface area contributed by atoms with Crippen molar-refractivity contribution in [3.05, 3.63) is 52.5 Å². The summed E-state index contributed by atoms with van der Waals surface area (Å²) in [6, 6.07) is 6.97. The molecule has 0 aliphatic heterocycles. The molecule has 0 fully saturated rings. The average molecular weight is 387 g/mol. The van der Waals surface area contributed by atoms with Crippen molar-refractivity contribution in [2.45, 2.75) is 26.1 Å². The fourth-order valence-corrected chi connectivity index (χ4v) is 2.76. The van der Waals surface area contributed by atoms with Crippen LogP contribution < -0.4 is 5.32 Å². The van der Waals surface area contributed by atoms with E-state index in [2.05, 4.69) is 26.2 Å². The number of urea groups is 1. The standard InChI is InChI=1S/C15H17BrF2N4O/c1-10(11-5-3-4-6-12(11)16)20-15(23)21(2)9-13-19-7-8-22(13)14(17)18/h3-8,10,14H,9H2,1-2H3,(H,20,23). The molecule has 2 aromatic rings. The molecule has 0 spiro atoms. The minimum absolute atomic E-state index is 0.00808. The molecule has 1 N–H and O–H groups in total. The third-order valence-electron chi connectivity index (χ3n) is 3.40. The summed E-state index contributed by atoms with van der Waals surface area (Å²) >= 11 is 3.44. The molecule has 0 saturated heterocycles. The number of hydrogen-bond donors (Lipinski definition) is 1. The largest absolute Gasteiger partial charge is 0.331 e. The van der Waals surface area contributed by atoms with Gasteiger partial charge in [0.2, 0.25) is 0 Å². The number of imidazole rings is 1. The molecule has 8 heteroatoms. The molecule has 0 bridgehead atoms. The van der Waals surface area contributed by atoms with Gasteiger partial charge in [-0.1, -0.05) is 34.1 Å². The van der Waals surface area contributed by atoms with Gasteiger partial charge in [0.25, 0.3) is 0 Å². The Hall–Kier alpha value is -1.96. The zero-order chi connectivity index (χ0) is 17.0. The van der Waals surface area contributed by atoms with Crippen LogP contribution in [-0.4, -0.2) is 27.5 Å². The second-order valence-electron chi connectivity index (χ2n) is 5.08. The number of carbonyl (C=O) groups excluding carboxylic acids is 1. The van der Waals surface area contributed by atoms with Crippen molar-refractivity contribution in [2.24, 2.45) is 0 Å². The Kier molecular flexibility index (Phi) is 5.70. The van der Waals surface area contributed by atoms with E-state index in [-0.39, 0.29) is 24.4 Å². The maximum atomic E-state index is 12.8. The fraction of sp³-hybridized carbons (Fsp3) is 0.333. The number of carbonyl (C=O) groups is 1. The van der Waals surface area contributed by atoms with Crippen LogP contribution in [0.4, 0.5) is 13.6 Å². The van der Waals surface area contributed by atoms with E-state index in [1.165, 1.54) is 24.3 Å². The minimum Gasteiger partial charge on any atom is -0.331 e. The molecule has 2 rings (SSSR count). The third-order valence-corrected chi connectivity index (χ3v) is 4.12. The lowest BCUT2D eigenvalue weighted by Gasteiger charge is -2.22. The van der Waals surface area contributed by atoms with Crippen molar-refractivity contribution < 1.29 is 13.6 Å². The van der Waals surface area contributed by atoms with Crippen molar-refractivity contribution in [1.29, 1.82) is 0 Å². The zero-order valence-corrected chi connectivity index (χ0v) is 14.3. The Morgan fingerprint density at radius 1 is 1.43 bits per heavy atom. The summed E-state index contributed by atoms with van der Waals surface area (Å²) in [6.45, 7) is -0.833. The Labute approximate surface area is 141 Å². The average Bonchev–Trinajstić information content (AvgIpc) is 2.95. The molecule has 0 aliphatic rings. The first kappa shape index (κ1) is 17.4. The highest BCUT2D eigenvalue weighted by Crippen LogP contribution is 2.23. The lowest BCUT2D eigenvalue weighted by atomic mass is 10.1. The van der Waals surface area contributed by atoms with E-state index >= 15 is 0 Å². The number of nitrogens with one attached hydrogen (secondary N) is 1. The summed E-state index contributed by atoms with van der Waals surface area (Å²) in [7, 11) is 1.53. The molecule has 2 amide bonds. The van der Waals surface area contributed by atoms with Crippen LogP contribution in [0.1, 0.15) is 30.9 Å². The van der Waals surface area contributed by atoms with Crippen molar-refractivity contribution in [3.63, 3.8) is 0 Å². The van der Waals surface area contributed by atoms with Gasteiger partial charge in [-0.3, -0.25) is 4.57 Å². The first-order chi connectivity index (χ1) is 10.9. The highest BCUT2D eigenvalue weighted by Gasteiger charge is 2.18. The first-order valence-electron chi connectivity index (χ1n) is 6.96. The van der Waals surface area contributed by atoms with Crippen LogP contribution in [0.15, 0.2) is 41.1 Å². The van der Waals surface area contributed by atoms with E-state index in [0.717, 1.165) is 14.6 Å². The molecule has 1 atom stereocenters. The number of alkyl halides is 2. The maximum absolute atomic E-state index is 12.8. The molecular weight excluding hydrogens is 370 g/mol. The topological polar surface area (TPSA) is 50.2 Å². The summed E-state index contributed by atoms with van der Waals surface area (Å²) in [5.41, 5.74) is 0.934. The number of halogens is 3. The van der Waals surface area contributed by atoms with Gasteiger partial charge < -0.3 is 10.2 Å². The van der Waals surface area contributed by atoms with Crippen molar-refractivity contribution in [1.82, 2.24) is 19.8 Å². The first-order valence-corrected chi connectivity index (χ1v) is 7.75. The fourth-order valence-electron chi connectivity index (χ4n) is 2.13. The highest BCUT2D eigenvalue weighted by atomic mass is 79.9. The Morgan fingerprint density at radius 3 is 2.78 bits per heavy atom. The van der Waals surface area contributed by atoms with Crippen LogP contribution in [0.3, 0.4) is 0 Å². The van der Waals surface area contributed by atoms with Gasteiger partial charge in [0, 0.05) is 23.9 Å². The molecule has 5 nitrogen and oxygen atoms in total. The van der Waals surface area contributed by atoms with Gasteiger partial charge in [0.15, 0.2) is 0 Å². The normalized spacial score (nSPS) is 12.3. The van der Waals surface area contributed by atoms with E-state index in [9.17, 15) is 13.6 Å². The van der Waals surface area contributed by atoms with E-state index in [0.29, 0.717) is 0 Å². The number of nitrogens with zero attached hydrogens (tertiary/aromatic N) is 3. The number of aromatic nitrogens is 2. The van der Waals surface area contributed by atoms with Gasteiger partial charge >= 0.3 is 12.6 Å². The van der Waals surface area contributed by atoms with Crippen LogP contribution >= 0.6 is 15.9 Å². The van der Waals surface area contributed by atoms with Crippen LogP contribution in [0.5, 0.6) is 0 Å². The molecule has 1 unspecified atom stereocenters. The van der Waals surface area contributed by atoms with Crippen molar-refractivity contribution in [2.75, 3.05) is 7.05 Å². The Balaban J connectivity index is 2.00. The maximum Gasteiger partial charge on any atom is 0.319 e. The molecule has 0 aliphatic carbocycles. The molecular formula is C15H17BrF2N4O. The Morgan fingerprint density at radius 2 is 2.13 bits per heavy atom. The van der Waals surface area contributed by atoms with E-state index < -0.39 is 6.55 Å². The monoisotopic (exact) mass is 386 g/mol. The Bertz CT molecular complexity index is 677. The predicted molar refractivity (Wildman–Crippen MR) is 86.0 cm³/mol. The van der Waals surface area contributed by atoms with Crippen LogP contribution in [-0.2, 0) is 6.54 Å². The summed E-state index contributed by atoms with van der Waals surface area (Å²) < 4.78 is 27.2. The molecule has 1 aromatic heterocycles. The van der Waals surface area contributed by atoms with E-state index in [4.69, 9.17) is 0 Å². The van der Waals surface area contributed by atoms with Crippen molar-refractivity contribution in [3.8, 4) is 0 Å². The molecule has 0 saturated carbocycles. The number of rotatable bonds is 5. The summed E-state index contributed by atoms with van der Waals surface area (Å²) in [5, 5.41) is 2.83. The smallest absolute Gasteiger partial charge is 0.319 e. The SMILES string of the molecule is CC(NC(=O)N(C)Cc1nccn1C(F)F)c1ccccc1Br. The van der Waals surface area contributed by atoms with Crippen LogP contribution in [0.2, 0.25) is 0 Å². The summed E-state index contributed by atoms with van der Waals surface area (Å²) in [6.07, 6.45) is 2.48. The molecule has 0 radical (unpaired) electrons. The van der Waals surface area contributed by atoms with Gasteiger partial charge in [-0.15, -0.1) is 0 Å². The summed E-state index contributed by atoms with van der Waals surface area (Å²) in [5.74, 6) is 0.131. The molecule has 1 aromatic carbocycles. The number of amides is 2. The van der Waals surface area contributed by atoms with Crippen molar-refractivity contribution >= 4 is 22.0 Å². The quantitative estimate of drug-likeness (QED) is 0.845. The minimum atomic E-state index is -2.68. The number of benzene rings is 1. The zero-order valence-electron chi connectivity index (χ0n) is 12.7. The van der Waals surface area contributed by atoms with Gasteiger partial charge in [-0.05, 0) is 18.6 Å². The summed E-state index contributed by atoms with van der Waals surface area (Å²) in [4.78, 5) is 17.4. The third kappa shape index (κ3) is 4.28. The number of hydrogen-bond acceptors (Lipinski definition) is 2.